The standard InChI is InChI=1S/C23H21N9/c24-21-20-17(15-5-6-18-16(13-15)14-27-30-18)3-1-4-19(20)28-23(29-21)32-11-9-31(10-12-32)22-25-7-2-8-26-22/h1-8,13-14H,9-12H2,(H,27,30)(H2,24,28,29). The summed E-state index contributed by atoms with van der Waals surface area (Å²) < 4.78 is 0. The minimum Gasteiger partial charge on any atom is -0.383 e. The average Bonchev–Trinajstić information content (AvgIpc) is 3.32. The van der Waals surface area contributed by atoms with Crippen LogP contribution in [0, 0.1) is 0 Å². The van der Waals surface area contributed by atoms with E-state index in [0.29, 0.717) is 11.8 Å². The van der Waals surface area contributed by atoms with Crippen LogP contribution < -0.4 is 15.5 Å². The van der Waals surface area contributed by atoms with E-state index in [9.17, 15) is 0 Å². The van der Waals surface area contributed by atoms with Crippen molar-refractivity contribution in [2.45, 2.75) is 0 Å². The van der Waals surface area contributed by atoms with Crippen LogP contribution in [-0.2, 0) is 0 Å². The maximum Gasteiger partial charge on any atom is 0.228 e. The Morgan fingerprint density at radius 1 is 0.844 bits per heavy atom. The molecule has 0 bridgehead atoms. The molecule has 9 heteroatoms. The van der Waals surface area contributed by atoms with E-state index in [4.69, 9.17) is 10.7 Å². The lowest BCUT2D eigenvalue weighted by Crippen LogP contribution is -2.47. The zero-order valence-electron chi connectivity index (χ0n) is 17.3. The number of nitrogens with one attached hydrogen (secondary N) is 1. The quantitative estimate of drug-likeness (QED) is 0.455. The number of aromatic nitrogens is 6. The van der Waals surface area contributed by atoms with Gasteiger partial charge in [-0.25, -0.2) is 15.0 Å². The minimum atomic E-state index is 0.488. The van der Waals surface area contributed by atoms with Gasteiger partial charge in [-0.3, -0.25) is 5.10 Å². The van der Waals surface area contributed by atoms with Gasteiger partial charge in [-0.15, -0.1) is 0 Å². The highest BCUT2D eigenvalue weighted by atomic mass is 15.4. The number of rotatable bonds is 3. The predicted molar refractivity (Wildman–Crippen MR) is 125 cm³/mol. The van der Waals surface area contributed by atoms with Gasteiger partial charge in [0.2, 0.25) is 11.9 Å². The third-order valence-electron chi connectivity index (χ3n) is 5.89. The molecule has 1 fully saturated rings. The molecule has 0 saturated carbocycles. The summed E-state index contributed by atoms with van der Waals surface area (Å²) in [6.07, 6.45) is 5.36. The van der Waals surface area contributed by atoms with E-state index in [1.165, 1.54) is 0 Å². The third-order valence-corrected chi connectivity index (χ3v) is 5.89. The van der Waals surface area contributed by atoms with Crippen LogP contribution in [0.1, 0.15) is 0 Å². The fourth-order valence-corrected chi connectivity index (χ4v) is 4.25. The van der Waals surface area contributed by atoms with Gasteiger partial charge in [-0.1, -0.05) is 18.2 Å². The molecule has 3 N–H and O–H groups in total. The number of hydrogen-bond donors (Lipinski definition) is 2. The Kier molecular flexibility index (Phi) is 4.31. The minimum absolute atomic E-state index is 0.488. The number of H-pyrrole nitrogens is 1. The molecule has 4 heterocycles. The van der Waals surface area contributed by atoms with Gasteiger partial charge in [-0.05, 0) is 35.4 Å². The molecule has 0 spiro atoms. The molecule has 1 aliphatic rings. The summed E-state index contributed by atoms with van der Waals surface area (Å²) in [7, 11) is 0. The Hall–Kier alpha value is -4.27. The summed E-state index contributed by atoms with van der Waals surface area (Å²) in [4.78, 5) is 22.6. The molecule has 0 radical (unpaired) electrons. The van der Waals surface area contributed by atoms with E-state index >= 15 is 0 Å². The Bertz CT molecular complexity index is 1410. The lowest BCUT2D eigenvalue weighted by atomic mass is 10.00. The lowest BCUT2D eigenvalue weighted by molar-refractivity contribution is 0.629. The number of fused-ring (bicyclic) bond motifs is 2. The van der Waals surface area contributed by atoms with Gasteiger partial charge in [0.15, 0.2) is 0 Å². The second-order valence-corrected chi connectivity index (χ2v) is 7.80. The van der Waals surface area contributed by atoms with Crippen molar-refractivity contribution >= 4 is 39.5 Å². The van der Waals surface area contributed by atoms with Crippen LogP contribution in [0.5, 0.6) is 0 Å². The van der Waals surface area contributed by atoms with Gasteiger partial charge in [-0.2, -0.15) is 10.1 Å². The maximum absolute atomic E-state index is 6.49. The van der Waals surface area contributed by atoms with Gasteiger partial charge in [0.05, 0.1) is 22.6 Å². The summed E-state index contributed by atoms with van der Waals surface area (Å²) >= 11 is 0. The van der Waals surface area contributed by atoms with E-state index in [1.54, 1.807) is 12.4 Å². The number of nitrogens with two attached hydrogens (primary N) is 1. The largest absolute Gasteiger partial charge is 0.383 e. The van der Waals surface area contributed by atoms with Crippen LogP contribution in [0.15, 0.2) is 61.1 Å². The molecular formula is C23H21N9. The topological polar surface area (TPSA) is 113 Å². The summed E-state index contributed by atoms with van der Waals surface area (Å²) in [5, 5.41) is 9.02. The molecule has 9 nitrogen and oxygen atoms in total. The molecule has 0 atom stereocenters. The van der Waals surface area contributed by atoms with Crippen LogP contribution >= 0.6 is 0 Å². The van der Waals surface area contributed by atoms with Crippen LogP contribution in [0.25, 0.3) is 32.9 Å². The van der Waals surface area contributed by atoms with Crippen molar-refractivity contribution in [1.82, 2.24) is 30.1 Å². The number of aromatic amines is 1. The molecular weight excluding hydrogens is 402 g/mol. The molecule has 158 valence electrons. The van der Waals surface area contributed by atoms with E-state index in [0.717, 1.165) is 65.1 Å². The Morgan fingerprint density at radius 3 is 2.44 bits per heavy atom. The van der Waals surface area contributed by atoms with Gasteiger partial charge < -0.3 is 15.5 Å². The molecule has 32 heavy (non-hydrogen) atoms. The van der Waals surface area contributed by atoms with E-state index < -0.39 is 0 Å². The van der Waals surface area contributed by atoms with Crippen molar-refractivity contribution < 1.29 is 0 Å². The Labute approximate surface area is 183 Å². The lowest BCUT2D eigenvalue weighted by Gasteiger charge is -2.34. The second-order valence-electron chi connectivity index (χ2n) is 7.80. The number of benzene rings is 2. The molecule has 1 aliphatic heterocycles. The molecule has 0 unspecified atom stereocenters. The van der Waals surface area contributed by atoms with Crippen LogP contribution in [0.4, 0.5) is 17.7 Å². The van der Waals surface area contributed by atoms with E-state index in [2.05, 4.69) is 53.1 Å². The normalized spacial score (nSPS) is 14.4. The van der Waals surface area contributed by atoms with Gasteiger partial charge in [0, 0.05) is 44.0 Å². The summed E-state index contributed by atoms with van der Waals surface area (Å²) in [6.45, 7) is 3.16. The fraction of sp³-hybridized carbons (Fsp3) is 0.174. The monoisotopic (exact) mass is 423 g/mol. The van der Waals surface area contributed by atoms with Crippen molar-refractivity contribution in [3.05, 3.63) is 61.1 Å². The van der Waals surface area contributed by atoms with Gasteiger partial charge in [0.1, 0.15) is 5.82 Å². The first-order valence-corrected chi connectivity index (χ1v) is 10.5. The maximum atomic E-state index is 6.49. The highest BCUT2D eigenvalue weighted by Gasteiger charge is 2.22. The first-order chi connectivity index (χ1) is 15.8. The zero-order chi connectivity index (χ0) is 21.5. The molecule has 3 aromatic heterocycles. The predicted octanol–water partition coefficient (Wildman–Crippen LogP) is 2.87. The van der Waals surface area contributed by atoms with Crippen molar-refractivity contribution in [2.24, 2.45) is 0 Å². The Morgan fingerprint density at radius 2 is 1.62 bits per heavy atom. The number of nitrogens with zero attached hydrogens (tertiary/aromatic N) is 7. The van der Waals surface area contributed by atoms with Crippen molar-refractivity contribution in [3.63, 3.8) is 0 Å². The number of anilines is 3. The molecule has 1 saturated heterocycles. The zero-order valence-corrected chi connectivity index (χ0v) is 17.3. The second kappa shape index (κ2) is 7.45. The smallest absolute Gasteiger partial charge is 0.228 e. The summed E-state index contributed by atoms with van der Waals surface area (Å²) in [6, 6.07) is 14.1. The molecule has 5 aromatic rings. The van der Waals surface area contributed by atoms with E-state index in [1.807, 2.05) is 30.5 Å². The summed E-state index contributed by atoms with van der Waals surface area (Å²) in [5.74, 6) is 1.90. The van der Waals surface area contributed by atoms with Crippen molar-refractivity contribution in [3.8, 4) is 11.1 Å². The summed E-state index contributed by atoms with van der Waals surface area (Å²) in [5.41, 5.74) is 10.4. The third kappa shape index (κ3) is 3.15. The average molecular weight is 423 g/mol. The number of hydrogen-bond acceptors (Lipinski definition) is 8. The highest BCUT2D eigenvalue weighted by molar-refractivity contribution is 6.02. The fourth-order valence-electron chi connectivity index (χ4n) is 4.25. The van der Waals surface area contributed by atoms with E-state index in [-0.39, 0.29) is 0 Å². The highest BCUT2D eigenvalue weighted by Crippen LogP contribution is 2.33. The SMILES string of the molecule is Nc1nc(N2CCN(c3ncccn3)CC2)nc2cccc(-c3ccc4[nH]ncc4c3)c12. The first kappa shape index (κ1) is 18.5. The molecule has 0 aliphatic carbocycles. The number of nitrogen functional groups attached to an aromatic ring is 1. The first-order valence-electron chi connectivity index (χ1n) is 10.5. The van der Waals surface area contributed by atoms with Crippen LogP contribution in [0.3, 0.4) is 0 Å². The molecule has 2 aromatic carbocycles. The van der Waals surface area contributed by atoms with Gasteiger partial charge in [0.25, 0.3) is 0 Å². The van der Waals surface area contributed by atoms with Crippen molar-refractivity contribution in [2.75, 3.05) is 41.7 Å². The van der Waals surface area contributed by atoms with Crippen LogP contribution in [0.2, 0.25) is 0 Å². The van der Waals surface area contributed by atoms with Crippen LogP contribution in [-0.4, -0.2) is 56.3 Å². The Balaban J connectivity index is 1.32. The molecule has 6 rings (SSSR count). The number of piperazine rings is 1. The van der Waals surface area contributed by atoms with Gasteiger partial charge >= 0.3 is 0 Å². The molecule has 0 amide bonds. The van der Waals surface area contributed by atoms with Crippen molar-refractivity contribution in [1.29, 1.82) is 0 Å².